The highest BCUT2D eigenvalue weighted by Crippen LogP contribution is 2.23. The summed E-state index contributed by atoms with van der Waals surface area (Å²) in [5.74, 6) is -1.31. The molecule has 0 bridgehead atoms. The Morgan fingerprint density at radius 3 is 2.50 bits per heavy atom. The number of carboxylic acid groups (broad SMARTS) is 1. The summed E-state index contributed by atoms with van der Waals surface area (Å²) in [6, 6.07) is -1.30. The molecule has 2 unspecified atom stereocenters. The normalized spacial score (nSPS) is 22.7. The van der Waals surface area contributed by atoms with E-state index in [2.05, 4.69) is 5.32 Å². The zero-order chi connectivity index (χ0) is 13.9. The van der Waals surface area contributed by atoms with Gasteiger partial charge in [0, 0.05) is 20.6 Å². The van der Waals surface area contributed by atoms with Crippen molar-refractivity contribution in [1.82, 2.24) is 15.1 Å². The van der Waals surface area contributed by atoms with Crippen LogP contribution in [-0.4, -0.2) is 66.0 Å². The summed E-state index contributed by atoms with van der Waals surface area (Å²) in [7, 11) is 3.18. The van der Waals surface area contributed by atoms with E-state index in [9.17, 15) is 14.4 Å². The maximum absolute atomic E-state index is 11.8. The first-order valence-electron chi connectivity index (χ1n) is 5.82. The van der Waals surface area contributed by atoms with E-state index in [1.54, 1.807) is 21.0 Å². The minimum Gasteiger partial charge on any atom is -0.480 e. The number of amides is 3. The van der Waals surface area contributed by atoms with Crippen molar-refractivity contribution < 1.29 is 19.5 Å². The lowest BCUT2D eigenvalue weighted by Gasteiger charge is -2.23. The zero-order valence-corrected chi connectivity index (χ0v) is 10.8. The van der Waals surface area contributed by atoms with Crippen molar-refractivity contribution in [3.8, 4) is 0 Å². The summed E-state index contributed by atoms with van der Waals surface area (Å²) >= 11 is 0. The Morgan fingerprint density at radius 2 is 2.00 bits per heavy atom. The molecule has 1 rings (SSSR count). The van der Waals surface area contributed by atoms with Crippen molar-refractivity contribution in [3.63, 3.8) is 0 Å². The van der Waals surface area contributed by atoms with E-state index in [0.717, 1.165) is 0 Å². The molecule has 1 heterocycles. The lowest BCUT2D eigenvalue weighted by molar-refractivity contribution is -0.142. The Hall–Kier alpha value is -1.79. The predicted octanol–water partition coefficient (Wildman–Crippen LogP) is -0.421. The predicted molar refractivity (Wildman–Crippen MR) is 64.0 cm³/mol. The van der Waals surface area contributed by atoms with E-state index in [4.69, 9.17) is 5.11 Å². The molecular weight excluding hydrogens is 238 g/mol. The van der Waals surface area contributed by atoms with Gasteiger partial charge in [-0.1, -0.05) is 6.92 Å². The van der Waals surface area contributed by atoms with Gasteiger partial charge in [-0.05, 0) is 12.3 Å². The summed E-state index contributed by atoms with van der Waals surface area (Å²) in [5.41, 5.74) is 0. The van der Waals surface area contributed by atoms with Crippen molar-refractivity contribution in [2.45, 2.75) is 19.4 Å². The Labute approximate surface area is 106 Å². The highest BCUT2D eigenvalue weighted by molar-refractivity contribution is 5.87. The molecule has 0 spiro atoms. The van der Waals surface area contributed by atoms with Crippen LogP contribution >= 0.6 is 0 Å². The molecule has 0 aromatic carbocycles. The molecule has 1 aliphatic heterocycles. The molecule has 3 amide bonds. The van der Waals surface area contributed by atoms with Gasteiger partial charge in [-0.25, -0.2) is 9.59 Å². The molecule has 0 aromatic heterocycles. The van der Waals surface area contributed by atoms with Crippen molar-refractivity contribution in [3.05, 3.63) is 0 Å². The molecule has 18 heavy (non-hydrogen) atoms. The average Bonchev–Trinajstić information content (AvgIpc) is 2.67. The highest BCUT2D eigenvalue weighted by atomic mass is 16.4. The van der Waals surface area contributed by atoms with Crippen LogP contribution in [0.25, 0.3) is 0 Å². The largest absolute Gasteiger partial charge is 0.480 e. The molecule has 1 saturated heterocycles. The third-order valence-corrected chi connectivity index (χ3v) is 3.10. The number of nitrogens with zero attached hydrogens (tertiary/aromatic N) is 2. The zero-order valence-electron chi connectivity index (χ0n) is 10.8. The second-order valence-corrected chi connectivity index (χ2v) is 4.69. The molecular formula is C11H19N3O4. The number of aliphatic carboxylic acids is 1. The van der Waals surface area contributed by atoms with Crippen LogP contribution < -0.4 is 5.32 Å². The lowest BCUT2D eigenvalue weighted by atomic mass is 10.0. The Bertz CT molecular complexity index is 356. The van der Waals surface area contributed by atoms with Crippen molar-refractivity contribution in [2.75, 3.05) is 27.2 Å². The minimum atomic E-state index is -1.01. The Kier molecular flexibility index (Phi) is 4.52. The molecule has 7 heteroatoms. The quantitative estimate of drug-likeness (QED) is 0.718. The standard InChI is InChI=1S/C11H19N3O4/c1-7-4-5-14(9(7)10(16)17)11(18)12-6-8(15)13(2)3/h7,9H,4-6H2,1-3H3,(H,12,18)(H,16,17). The van der Waals surface area contributed by atoms with Gasteiger partial charge in [0.1, 0.15) is 6.04 Å². The van der Waals surface area contributed by atoms with Crippen LogP contribution in [0.1, 0.15) is 13.3 Å². The summed E-state index contributed by atoms with van der Waals surface area (Å²) in [4.78, 5) is 36.8. The van der Waals surface area contributed by atoms with Gasteiger partial charge < -0.3 is 20.2 Å². The van der Waals surface area contributed by atoms with Gasteiger partial charge in [0.15, 0.2) is 0 Å². The first kappa shape index (κ1) is 14.3. The molecule has 102 valence electrons. The molecule has 0 saturated carbocycles. The van der Waals surface area contributed by atoms with Crippen molar-refractivity contribution in [2.24, 2.45) is 5.92 Å². The number of carboxylic acids is 1. The van der Waals surface area contributed by atoms with Crippen LogP contribution in [0.15, 0.2) is 0 Å². The van der Waals surface area contributed by atoms with Gasteiger partial charge in [0.05, 0.1) is 6.54 Å². The number of urea groups is 1. The molecule has 1 fully saturated rings. The number of carbonyl (C=O) groups excluding carboxylic acids is 2. The maximum atomic E-state index is 11.8. The number of hydrogen-bond acceptors (Lipinski definition) is 3. The Morgan fingerprint density at radius 1 is 1.39 bits per heavy atom. The second kappa shape index (κ2) is 5.70. The van der Waals surface area contributed by atoms with Gasteiger partial charge in [0.25, 0.3) is 0 Å². The summed E-state index contributed by atoms with van der Waals surface area (Å²) in [6.07, 6.45) is 0.659. The van der Waals surface area contributed by atoms with Crippen LogP contribution in [-0.2, 0) is 9.59 Å². The summed E-state index contributed by atoms with van der Waals surface area (Å²) in [5, 5.41) is 11.5. The van der Waals surface area contributed by atoms with E-state index >= 15 is 0 Å². The SMILES string of the molecule is CC1CCN(C(=O)NCC(=O)N(C)C)C1C(=O)O. The number of likely N-dealkylation sites (tertiary alicyclic amines) is 1. The van der Waals surface area contributed by atoms with Gasteiger partial charge >= 0.3 is 12.0 Å². The van der Waals surface area contributed by atoms with Crippen molar-refractivity contribution in [1.29, 1.82) is 0 Å². The average molecular weight is 257 g/mol. The first-order valence-corrected chi connectivity index (χ1v) is 5.82. The molecule has 1 aliphatic rings. The van der Waals surface area contributed by atoms with Gasteiger partial charge in [0.2, 0.25) is 5.91 Å². The van der Waals surface area contributed by atoms with E-state index in [1.165, 1.54) is 9.80 Å². The fourth-order valence-electron chi connectivity index (χ4n) is 1.96. The van der Waals surface area contributed by atoms with Crippen molar-refractivity contribution >= 4 is 17.9 Å². The van der Waals surface area contributed by atoms with Crippen LogP contribution in [0.3, 0.4) is 0 Å². The third kappa shape index (κ3) is 3.12. The number of hydrogen-bond donors (Lipinski definition) is 2. The number of nitrogens with one attached hydrogen (secondary N) is 1. The fourth-order valence-corrected chi connectivity index (χ4v) is 1.96. The van der Waals surface area contributed by atoms with Gasteiger partial charge in [-0.2, -0.15) is 0 Å². The molecule has 0 aliphatic carbocycles. The maximum Gasteiger partial charge on any atom is 0.326 e. The van der Waals surface area contributed by atoms with Crippen LogP contribution in [0.2, 0.25) is 0 Å². The van der Waals surface area contributed by atoms with Gasteiger partial charge in [-0.3, -0.25) is 4.79 Å². The molecule has 7 nitrogen and oxygen atoms in total. The molecule has 2 N–H and O–H groups in total. The molecule has 2 atom stereocenters. The van der Waals surface area contributed by atoms with Gasteiger partial charge in [-0.15, -0.1) is 0 Å². The van der Waals surface area contributed by atoms with Crippen LogP contribution in [0, 0.1) is 5.92 Å². The Balaban J connectivity index is 2.56. The smallest absolute Gasteiger partial charge is 0.326 e. The summed E-state index contributed by atoms with van der Waals surface area (Å²) in [6.45, 7) is 2.08. The number of rotatable bonds is 3. The topological polar surface area (TPSA) is 90.0 Å². The second-order valence-electron chi connectivity index (χ2n) is 4.69. The van der Waals surface area contributed by atoms with E-state index in [0.29, 0.717) is 13.0 Å². The first-order chi connectivity index (χ1) is 8.34. The van der Waals surface area contributed by atoms with Crippen LogP contribution in [0.5, 0.6) is 0 Å². The lowest BCUT2D eigenvalue weighted by Crippen LogP contribution is -2.49. The number of carbonyl (C=O) groups is 3. The fraction of sp³-hybridized carbons (Fsp3) is 0.727. The van der Waals surface area contributed by atoms with E-state index in [1.807, 2.05) is 0 Å². The molecule has 0 radical (unpaired) electrons. The monoisotopic (exact) mass is 257 g/mol. The van der Waals surface area contributed by atoms with E-state index < -0.39 is 18.0 Å². The summed E-state index contributed by atoms with van der Waals surface area (Å²) < 4.78 is 0. The minimum absolute atomic E-state index is 0.0715. The third-order valence-electron chi connectivity index (χ3n) is 3.10. The molecule has 0 aromatic rings. The van der Waals surface area contributed by atoms with E-state index in [-0.39, 0.29) is 18.4 Å². The van der Waals surface area contributed by atoms with Crippen LogP contribution in [0.4, 0.5) is 4.79 Å². The number of likely N-dealkylation sites (N-methyl/N-ethyl adjacent to an activating group) is 1. The highest BCUT2D eigenvalue weighted by Gasteiger charge is 2.39.